The van der Waals surface area contributed by atoms with E-state index >= 15 is 0 Å². The van der Waals surface area contributed by atoms with E-state index in [4.69, 9.17) is 9.47 Å². The van der Waals surface area contributed by atoms with Crippen molar-refractivity contribution in [3.8, 4) is 0 Å². The largest absolute Gasteiger partial charge is 0.459 e. The fourth-order valence-electron chi connectivity index (χ4n) is 3.15. The summed E-state index contributed by atoms with van der Waals surface area (Å²) in [7, 11) is 0. The SMILES string of the molecule is Cc1cccc(C(=O)OC(C)CC(CC(C)C)OC(=O)c2cccc(C)c2)c1. The van der Waals surface area contributed by atoms with Crippen molar-refractivity contribution >= 4 is 11.9 Å². The average Bonchev–Trinajstić information content (AvgIpc) is 2.60. The number of esters is 2. The summed E-state index contributed by atoms with van der Waals surface area (Å²) in [5, 5.41) is 0. The number of hydrogen-bond acceptors (Lipinski definition) is 4. The van der Waals surface area contributed by atoms with Crippen molar-refractivity contribution in [3.63, 3.8) is 0 Å². The number of carbonyl (C=O) groups excluding carboxylic acids is 2. The van der Waals surface area contributed by atoms with Crippen molar-refractivity contribution in [2.75, 3.05) is 0 Å². The van der Waals surface area contributed by atoms with Crippen molar-refractivity contribution in [1.82, 2.24) is 0 Å². The van der Waals surface area contributed by atoms with Gasteiger partial charge in [-0.1, -0.05) is 49.2 Å². The zero-order chi connectivity index (χ0) is 20.7. The maximum Gasteiger partial charge on any atom is 0.338 e. The number of ether oxygens (including phenoxy) is 2. The normalized spacial score (nSPS) is 13.1. The topological polar surface area (TPSA) is 52.6 Å². The lowest BCUT2D eigenvalue weighted by atomic mass is 10.0. The Morgan fingerprint density at radius 2 is 1.29 bits per heavy atom. The minimum Gasteiger partial charge on any atom is -0.459 e. The van der Waals surface area contributed by atoms with Crippen LogP contribution in [0.4, 0.5) is 0 Å². The first-order chi connectivity index (χ1) is 13.2. The summed E-state index contributed by atoms with van der Waals surface area (Å²) in [6.45, 7) is 9.87. The van der Waals surface area contributed by atoms with E-state index in [1.54, 1.807) is 18.2 Å². The second-order valence-electron chi connectivity index (χ2n) is 7.85. The van der Waals surface area contributed by atoms with Crippen molar-refractivity contribution in [2.45, 2.75) is 59.7 Å². The number of benzene rings is 2. The molecule has 150 valence electrons. The first kappa shape index (κ1) is 21.7. The number of rotatable bonds is 8. The van der Waals surface area contributed by atoms with E-state index in [1.165, 1.54) is 0 Å². The van der Waals surface area contributed by atoms with E-state index in [2.05, 4.69) is 13.8 Å². The summed E-state index contributed by atoms with van der Waals surface area (Å²) in [5.41, 5.74) is 3.09. The van der Waals surface area contributed by atoms with Crippen molar-refractivity contribution in [1.29, 1.82) is 0 Å². The molecule has 0 radical (unpaired) electrons. The van der Waals surface area contributed by atoms with Gasteiger partial charge in [-0.3, -0.25) is 0 Å². The van der Waals surface area contributed by atoms with Crippen LogP contribution in [0, 0.1) is 19.8 Å². The van der Waals surface area contributed by atoms with Crippen LogP contribution in [-0.2, 0) is 9.47 Å². The Kier molecular flexibility index (Phi) is 7.80. The molecule has 4 nitrogen and oxygen atoms in total. The first-order valence-electron chi connectivity index (χ1n) is 9.80. The highest BCUT2D eigenvalue weighted by molar-refractivity contribution is 5.90. The van der Waals surface area contributed by atoms with Gasteiger partial charge in [0.05, 0.1) is 11.1 Å². The highest BCUT2D eigenvalue weighted by Gasteiger charge is 2.22. The molecule has 0 bridgehead atoms. The quantitative estimate of drug-likeness (QED) is 0.565. The van der Waals surface area contributed by atoms with Crippen molar-refractivity contribution in [2.24, 2.45) is 5.92 Å². The molecule has 0 amide bonds. The highest BCUT2D eigenvalue weighted by Crippen LogP contribution is 2.19. The van der Waals surface area contributed by atoms with E-state index < -0.39 is 0 Å². The van der Waals surface area contributed by atoms with Gasteiger partial charge in [0.1, 0.15) is 12.2 Å². The number of carbonyl (C=O) groups is 2. The highest BCUT2D eigenvalue weighted by atomic mass is 16.6. The molecule has 0 fully saturated rings. The molecule has 2 unspecified atom stereocenters. The van der Waals surface area contributed by atoms with Gasteiger partial charge >= 0.3 is 11.9 Å². The Morgan fingerprint density at radius 3 is 1.75 bits per heavy atom. The molecule has 0 aliphatic heterocycles. The molecule has 0 N–H and O–H groups in total. The smallest absolute Gasteiger partial charge is 0.338 e. The van der Waals surface area contributed by atoms with Crippen molar-refractivity contribution in [3.05, 3.63) is 70.8 Å². The number of hydrogen-bond donors (Lipinski definition) is 0. The summed E-state index contributed by atoms with van der Waals surface area (Å²) in [6.07, 6.45) is 0.507. The lowest BCUT2D eigenvalue weighted by molar-refractivity contribution is -0.000894. The number of aryl methyl sites for hydroxylation is 2. The molecular weight excluding hydrogens is 352 g/mol. The van der Waals surface area contributed by atoms with E-state index in [9.17, 15) is 9.59 Å². The van der Waals surface area contributed by atoms with Gasteiger partial charge in [0.25, 0.3) is 0 Å². The first-order valence-corrected chi connectivity index (χ1v) is 9.80. The van der Waals surface area contributed by atoms with Gasteiger partial charge in [-0.2, -0.15) is 0 Å². The van der Waals surface area contributed by atoms with Crippen LogP contribution in [0.25, 0.3) is 0 Å². The molecule has 0 spiro atoms. The van der Waals surface area contributed by atoms with Crippen LogP contribution in [0.3, 0.4) is 0 Å². The Labute approximate surface area is 167 Å². The molecule has 0 heterocycles. The van der Waals surface area contributed by atoms with E-state index in [0.29, 0.717) is 29.9 Å². The molecule has 0 aromatic heterocycles. The summed E-state index contributed by atoms with van der Waals surface area (Å²) in [5.74, 6) is -0.342. The van der Waals surface area contributed by atoms with Gasteiger partial charge in [0.15, 0.2) is 0 Å². The lowest BCUT2D eigenvalue weighted by Crippen LogP contribution is -2.27. The maximum absolute atomic E-state index is 12.5. The zero-order valence-corrected chi connectivity index (χ0v) is 17.4. The predicted molar refractivity (Wildman–Crippen MR) is 111 cm³/mol. The van der Waals surface area contributed by atoms with Crippen LogP contribution >= 0.6 is 0 Å². The van der Waals surface area contributed by atoms with Gasteiger partial charge in [-0.15, -0.1) is 0 Å². The van der Waals surface area contributed by atoms with Gasteiger partial charge in [-0.05, 0) is 57.4 Å². The third-order valence-corrected chi connectivity index (χ3v) is 4.42. The Hall–Kier alpha value is -2.62. The van der Waals surface area contributed by atoms with Crippen LogP contribution < -0.4 is 0 Å². The molecule has 2 rings (SSSR count). The van der Waals surface area contributed by atoms with Crippen LogP contribution in [0.1, 0.15) is 65.5 Å². The second kappa shape index (κ2) is 10.1. The maximum atomic E-state index is 12.5. The van der Waals surface area contributed by atoms with Crippen LogP contribution in [-0.4, -0.2) is 24.1 Å². The van der Waals surface area contributed by atoms with E-state index in [0.717, 1.165) is 11.1 Å². The molecule has 0 saturated heterocycles. The van der Waals surface area contributed by atoms with Crippen LogP contribution in [0.2, 0.25) is 0 Å². The fraction of sp³-hybridized carbons (Fsp3) is 0.417. The standard InChI is InChI=1S/C24H30O4/c1-16(2)12-22(28-24(26)21-11-7-9-18(4)14-21)15-19(5)27-23(25)20-10-6-8-17(3)13-20/h6-11,13-14,16,19,22H,12,15H2,1-5H3. The van der Waals surface area contributed by atoms with Crippen LogP contribution in [0.15, 0.2) is 48.5 Å². The summed E-state index contributed by atoms with van der Waals surface area (Å²) in [4.78, 5) is 24.9. The monoisotopic (exact) mass is 382 g/mol. The lowest BCUT2D eigenvalue weighted by Gasteiger charge is -2.23. The second-order valence-corrected chi connectivity index (χ2v) is 7.85. The van der Waals surface area contributed by atoms with Gasteiger partial charge < -0.3 is 9.47 Å². The summed E-state index contributed by atoms with van der Waals surface area (Å²) in [6, 6.07) is 14.7. The van der Waals surface area contributed by atoms with E-state index in [1.807, 2.05) is 51.1 Å². The summed E-state index contributed by atoms with van der Waals surface area (Å²) < 4.78 is 11.3. The average molecular weight is 383 g/mol. The molecule has 2 atom stereocenters. The van der Waals surface area contributed by atoms with E-state index in [-0.39, 0.29) is 24.1 Å². The third kappa shape index (κ3) is 6.84. The van der Waals surface area contributed by atoms with Crippen molar-refractivity contribution < 1.29 is 19.1 Å². The molecule has 4 heteroatoms. The molecule has 0 saturated carbocycles. The molecule has 28 heavy (non-hydrogen) atoms. The molecular formula is C24H30O4. The predicted octanol–water partition coefficient (Wildman–Crippen LogP) is 5.51. The Morgan fingerprint density at radius 1 is 0.786 bits per heavy atom. The Bertz CT molecular complexity index is 810. The zero-order valence-electron chi connectivity index (χ0n) is 17.4. The Balaban J connectivity index is 2.00. The van der Waals surface area contributed by atoms with Gasteiger partial charge in [-0.25, -0.2) is 9.59 Å². The fourth-order valence-corrected chi connectivity index (χ4v) is 3.15. The summed E-state index contributed by atoms with van der Waals surface area (Å²) >= 11 is 0. The van der Waals surface area contributed by atoms with Gasteiger partial charge in [0, 0.05) is 6.42 Å². The molecule has 0 aliphatic rings. The van der Waals surface area contributed by atoms with Gasteiger partial charge in [0.2, 0.25) is 0 Å². The molecule has 2 aromatic rings. The molecule has 0 aliphatic carbocycles. The van der Waals surface area contributed by atoms with Crippen LogP contribution in [0.5, 0.6) is 0 Å². The minimum absolute atomic E-state index is 0.312. The molecule has 2 aromatic carbocycles. The minimum atomic E-state index is -0.359. The third-order valence-electron chi connectivity index (χ3n) is 4.42.